The fourth-order valence-corrected chi connectivity index (χ4v) is 4.59. The number of halogens is 2. The number of hydrogen-bond acceptors (Lipinski definition) is 4. The van der Waals surface area contributed by atoms with E-state index in [1.165, 1.54) is 24.3 Å². The molecule has 0 aliphatic carbocycles. The predicted molar refractivity (Wildman–Crippen MR) is 135 cm³/mol. The number of anilines is 1. The standard InChI is InChI=1S/C28H30F2N4O2/c29-23-10-6-21(7-11-23)28(22-8-12-24(30)13-9-22)33-18-16-32(17-19-33)20-27(36)34(15-14-26(31)35)25-4-2-1-3-5-25/h1-13,28H,14-20H2,(H2,31,35). The van der Waals surface area contributed by atoms with Gasteiger partial charge in [-0.3, -0.25) is 19.4 Å². The molecule has 3 aromatic carbocycles. The van der Waals surface area contributed by atoms with Crippen molar-refractivity contribution in [1.82, 2.24) is 9.80 Å². The molecule has 1 aliphatic rings. The Morgan fingerprint density at radius 1 is 0.806 bits per heavy atom. The summed E-state index contributed by atoms with van der Waals surface area (Å²) in [5.74, 6) is -1.16. The number of carbonyl (C=O) groups is 2. The lowest BCUT2D eigenvalue weighted by molar-refractivity contribution is -0.120. The van der Waals surface area contributed by atoms with Crippen LogP contribution >= 0.6 is 0 Å². The number of nitrogens with zero attached hydrogens (tertiary/aromatic N) is 3. The third kappa shape index (κ3) is 6.53. The van der Waals surface area contributed by atoms with Crippen molar-refractivity contribution in [2.45, 2.75) is 12.5 Å². The van der Waals surface area contributed by atoms with Crippen molar-refractivity contribution < 1.29 is 18.4 Å². The smallest absolute Gasteiger partial charge is 0.241 e. The first-order valence-corrected chi connectivity index (χ1v) is 12.0. The Morgan fingerprint density at radius 2 is 1.33 bits per heavy atom. The van der Waals surface area contributed by atoms with Crippen LogP contribution in [0, 0.1) is 11.6 Å². The van der Waals surface area contributed by atoms with Crippen LogP contribution in [0.15, 0.2) is 78.9 Å². The minimum absolute atomic E-state index is 0.0887. The summed E-state index contributed by atoms with van der Waals surface area (Å²) in [5, 5.41) is 0. The van der Waals surface area contributed by atoms with Gasteiger partial charge in [0.1, 0.15) is 11.6 Å². The van der Waals surface area contributed by atoms with Crippen LogP contribution in [0.5, 0.6) is 0 Å². The molecule has 188 valence electrons. The highest BCUT2D eigenvalue weighted by Crippen LogP contribution is 2.30. The number of hydrogen-bond donors (Lipinski definition) is 1. The second kappa shape index (κ2) is 11.9. The summed E-state index contributed by atoms with van der Waals surface area (Å²) in [6, 6.07) is 21.9. The maximum absolute atomic E-state index is 13.6. The zero-order chi connectivity index (χ0) is 25.5. The van der Waals surface area contributed by atoms with E-state index in [-0.39, 0.29) is 43.1 Å². The number of nitrogens with two attached hydrogens (primary N) is 1. The van der Waals surface area contributed by atoms with Crippen LogP contribution in [0.1, 0.15) is 23.6 Å². The van der Waals surface area contributed by atoms with E-state index in [1.807, 2.05) is 30.3 Å². The number of benzene rings is 3. The van der Waals surface area contributed by atoms with Gasteiger partial charge in [-0.2, -0.15) is 0 Å². The lowest BCUT2D eigenvalue weighted by Gasteiger charge is -2.40. The van der Waals surface area contributed by atoms with Crippen LogP contribution in [0.25, 0.3) is 0 Å². The van der Waals surface area contributed by atoms with Crippen molar-refractivity contribution in [3.63, 3.8) is 0 Å². The highest BCUT2D eigenvalue weighted by molar-refractivity contribution is 5.95. The molecule has 0 spiro atoms. The molecule has 6 nitrogen and oxygen atoms in total. The van der Waals surface area contributed by atoms with E-state index in [0.717, 1.165) is 16.8 Å². The molecule has 36 heavy (non-hydrogen) atoms. The van der Waals surface area contributed by atoms with Gasteiger partial charge in [0.25, 0.3) is 0 Å². The number of rotatable bonds is 9. The molecule has 2 N–H and O–H groups in total. The first kappa shape index (κ1) is 25.5. The van der Waals surface area contributed by atoms with Gasteiger partial charge in [0.05, 0.1) is 12.6 Å². The monoisotopic (exact) mass is 492 g/mol. The van der Waals surface area contributed by atoms with Gasteiger partial charge in [-0.1, -0.05) is 42.5 Å². The number of para-hydroxylation sites is 1. The summed E-state index contributed by atoms with van der Waals surface area (Å²) >= 11 is 0. The summed E-state index contributed by atoms with van der Waals surface area (Å²) in [4.78, 5) is 30.5. The van der Waals surface area contributed by atoms with Crippen molar-refractivity contribution in [3.05, 3.63) is 102 Å². The van der Waals surface area contributed by atoms with E-state index in [0.29, 0.717) is 26.2 Å². The lowest BCUT2D eigenvalue weighted by atomic mass is 9.96. The predicted octanol–water partition coefficient (Wildman–Crippen LogP) is 3.58. The molecule has 1 aliphatic heterocycles. The number of primary amides is 1. The van der Waals surface area contributed by atoms with Gasteiger partial charge in [0, 0.05) is 44.8 Å². The van der Waals surface area contributed by atoms with Crippen molar-refractivity contribution >= 4 is 17.5 Å². The highest BCUT2D eigenvalue weighted by Gasteiger charge is 2.28. The molecule has 2 amide bonds. The third-order valence-electron chi connectivity index (χ3n) is 6.45. The topological polar surface area (TPSA) is 69.9 Å². The first-order valence-electron chi connectivity index (χ1n) is 12.0. The minimum atomic E-state index is -0.454. The van der Waals surface area contributed by atoms with Crippen molar-refractivity contribution in [3.8, 4) is 0 Å². The zero-order valence-corrected chi connectivity index (χ0v) is 20.0. The molecule has 0 atom stereocenters. The fraction of sp³-hybridized carbons (Fsp3) is 0.286. The Kier molecular flexibility index (Phi) is 8.40. The van der Waals surface area contributed by atoms with Gasteiger partial charge in [0.15, 0.2) is 0 Å². The molecule has 1 fully saturated rings. The molecule has 0 aromatic heterocycles. The maximum Gasteiger partial charge on any atom is 0.241 e. The van der Waals surface area contributed by atoms with E-state index in [9.17, 15) is 18.4 Å². The highest BCUT2D eigenvalue weighted by atomic mass is 19.1. The Hall–Kier alpha value is -3.62. The molecule has 0 radical (unpaired) electrons. The second-order valence-electron chi connectivity index (χ2n) is 8.91. The Labute approximate surface area is 209 Å². The van der Waals surface area contributed by atoms with E-state index in [1.54, 1.807) is 29.2 Å². The summed E-state index contributed by atoms with van der Waals surface area (Å²) in [5.41, 5.74) is 7.91. The maximum atomic E-state index is 13.6. The largest absolute Gasteiger partial charge is 0.370 e. The Morgan fingerprint density at radius 3 is 1.83 bits per heavy atom. The number of amides is 2. The molecule has 3 aromatic rings. The molecule has 1 saturated heterocycles. The average Bonchev–Trinajstić information content (AvgIpc) is 2.88. The Bertz CT molecular complexity index is 1100. The molecule has 4 rings (SSSR count). The number of carbonyl (C=O) groups excluding carboxylic acids is 2. The van der Waals surface area contributed by atoms with Crippen molar-refractivity contribution in [2.75, 3.05) is 44.2 Å². The quantitative estimate of drug-likeness (QED) is 0.496. The molecule has 0 unspecified atom stereocenters. The normalized spacial score (nSPS) is 14.6. The van der Waals surface area contributed by atoms with Crippen LogP contribution in [0.4, 0.5) is 14.5 Å². The zero-order valence-electron chi connectivity index (χ0n) is 20.0. The molecular weight excluding hydrogens is 462 g/mol. The fourth-order valence-electron chi connectivity index (χ4n) is 4.59. The summed E-state index contributed by atoms with van der Waals surface area (Å²) in [6.07, 6.45) is 0.0887. The summed E-state index contributed by atoms with van der Waals surface area (Å²) < 4.78 is 27.2. The van der Waals surface area contributed by atoms with Crippen LogP contribution in [-0.2, 0) is 9.59 Å². The van der Waals surface area contributed by atoms with Gasteiger partial charge in [-0.15, -0.1) is 0 Å². The summed E-state index contributed by atoms with van der Waals surface area (Å²) in [7, 11) is 0. The van der Waals surface area contributed by atoms with E-state index < -0.39 is 5.91 Å². The summed E-state index contributed by atoms with van der Waals surface area (Å²) in [6.45, 7) is 3.12. The van der Waals surface area contributed by atoms with Gasteiger partial charge >= 0.3 is 0 Å². The molecule has 0 saturated carbocycles. The molecule has 8 heteroatoms. The first-order chi connectivity index (χ1) is 17.4. The van der Waals surface area contributed by atoms with Gasteiger partial charge in [-0.25, -0.2) is 8.78 Å². The van der Waals surface area contributed by atoms with Gasteiger partial charge < -0.3 is 10.6 Å². The van der Waals surface area contributed by atoms with Gasteiger partial charge in [0.2, 0.25) is 11.8 Å². The van der Waals surface area contributed by atoms with E-state index >= 15 is 0 Å². The molecule has 1 heterocycles. The minimum Gasteiger partial charge on any atom is -0.370 e. The van der Waals surface area contributed by atoms with E-state index in [2.05, 4.69) is 9.80 Å². The average molecular weight is 493 g/mol. The van der Waals surface area contributed by atoms with Crippen LogP contribution in [-0.4, -0.2) is 60.9 Å². The van der Waals surface area contributed by atoms with E-state index in [4.69, 9.17) is 5.73 Å². The SMILES string of the molecule is NC(=O)CCN(C(=O)CN1CCN(C(c2ccc(F)cc2)c2ccc(F)cc2)CC1)c1ccccc1. The third-order valence-corrected chi connectivity index (χ3v) is 6.45. The molecular formula is C28H30F2N4O2. The van der Waals surface area contributed by atoms with Crippen LogP contribution < -0.4 is 10.6 Å². The van der Waals surface area contributed by atoms with Crippen molar-refractivity contribution in [2.24, 2.45) is 5.73 Å². The second-order valence-corrected chi connectivity index (χ2v) is 8.91. The molecule has 0 bridgehead atoms. The van der Waals surface area contributed by atoms with Gasteiger partial charge in [-0.05, 0) is 47.5 Å². The van der Waals surface area contributed by atoms with Crippen LogP contribution in [0.3, 0.4) is 0 Å². The number of piperazine rings is 1. The van der Waals surface area contributed by atoms with Crippen LogP contribution in [0.2, 0.25) is 0 Å². The Balaban J connectivity index is 1.44. The van der Waals surface area contributed by atoms with Crippen molar-refractivity contribution in [1.29, 1.82) is 0 Å². The lowest BCUT2D eigenvalue weighted by Crippen LogP contribution is -2.51.